The van der Waals surface area contributed by atoms with Gasteiger partial charge < -0.3 is 15.2 Å². The molecule has 156 valence electrons. The molecule has 0 bridgehead atoms. The molecule has 7 nitrogen and oxygen atoms in total. The van der Waals surface area contributed by atoms with Crippen LogP contribution in [-0.4, -0.2) is 50.8 Å². The molecule has 2 fully saturated rings. The number of aliphatic hydroxyl groups is 1. The molecular weight excluding hydrogens is 387 g/mol. The van der Waals surface area contributed by atoms with Gasteiger partial charge in [-0.05, 0) is 62.3 Å². The molecule has 1 aromatic rings. The number of benzene rings is 1. The summed E-state index contributed by atoms with van der Waals surface area (Å²) < 4.78 is 45.7. The summed E-state index contributed by atoms with van der Waals surface area (Å²) in [4.78, 5) is 12.0. The highest BCUT2D eigenvalue weighted by molar-refractivity contribution is 7.89. The molecule has 9 heteroatoms. The van der Waals surface area contributed by atoms with Gasteiger partial charge in [-0.15, -0.1) is 0 Å². The Balaban J connectivity index is 1.44. The lowest BCUT2D eigenvalue weighted by molar-refractivity contribution is -0.128. The van der Waals surface area contributed by atoms with Crippen molar-refractivity contribution in [2.75, 3.05) is 13.2 Å². The van der Waals surface area contributed by atoms with Crippen molar-refractivity contribution in [3.8, 4) is 0 Å². The van der Waals surface area contributed by atoms with Crippen molar-refractivity contribution in [1.82, 2.24) is 10.0 Å². The molecule has 1 aliphatic heterocycles. The van der Waals surface area contributed by atoms with Crippen LogP contribution in [0.25, 0.3) is 0 Å². The van der Waals surface area contributed by atoms with Crippen LogP contribution >= 0.6 is 0 Å². The fourth-order valence-corrected chi connectivity index (χ4v) is 4.46. The highest BCUT2D eigenvalue weighted by Crippen LogP contribution is 2.32. The average Bonchev–Trinajstić information content (AvgIpc) is 3.47. The number of nitrogens with one attached hydrogen (secondary N) is 2. The van der Waals surface area contributed by atoms with Crippen molar-refractivity contribution < 1.29 is 27.4 Å². The molecule has 0 spiro atoms. The summed E-state index contributed by atoms with van der Waals surface area (Å²) in [7, 11) is -3.71. The summed E-state index contributed by atoms with van der Waals surface area (Å²) in [5, 5.41) is 12.5. The van der Waals surface area contributed by atoms with E-state index < -0.39 is 21.9 Å². The molecule has 1 saturated heterocycles. The standard InChI is InChI=1S/C19H27FN2O5S/c20-14-3-6-16(7-4-14)28(25,26)21-10-9-15-5-8-17(18(12-23)27-15)22-19(24)11-13-1-2-13/h3-4,6-7,13,15,17-18,21,23H,1-2,5,8-12H2,(H,22,24)/t15-,17-,18-/m0/s1. The van der Waals surface area contributed by atoms with E-state index in [0.29, 0.717) is 31.6 Å². The van der Waals surface area contributed by atoms with Crippen LogP contribution in [0.15, 0.2) is 29.2 Å². The van der Waals surface area contributed by atoms with Gasteiger partial charge in [-0.25, -0.2) is 17.5 Å². The van der Waals surface area contributed by atoms with Gasteiger partial charge in [0.15, 0.2) is 0 Å². The molecule has 3 N–H and O–H groups in total. The third-order valence-corrected chi connectivity index (χ3v) is 6.67. The van der Waals surface area contributed by atoms with Crippen molar-refractivity contribution in [2.45, 2.75) is 61.7 Å². The highest BCUT2D eigenvalue weighted by Gasteiger charge is 2.33. The number of aliphatic hydroxyl groups excluding tert-OH is 1. The lowest BCUT2D eigenvalue weighted by Gasteiger charge is -2.36. The quantitative estimate of drug-likeness (QED) is 0.565. The van der Waals surface area contributed by atoms with Gasteiger partial charge in [0.25, 0.3) is 0 Å². The molecule has 0 unspecified atom stereocenters. The first-order valence-corrected chi connectivity index (χ1v) is 11.2. The van der Waals surface area contributed by atoms with E-state index in [1.165, 1.54) is 12.1 Å². The van der Waals surface area contributed by atoms with E-state index in [0.717, 1.165) is 25.0 Å². The van der Waals surface area contributed by atoms with Crippen molar-refractivity contribution in [2.24, 2.45) is 5.92 Å². The minimum absolute atomic E-state index is 0.0000536. The Morgan fingerprint density at radius 3 is 2.54 bits per heavy atom. The fraction of sp³-hybridized carbons (Fsp3) is 0.632. The molecule has 28 heavy (non-hydrogen) atoms. The fourth-order valence-electron chi connectivity index (χ4n) is 3.41. The van der Waals surface area contributed by atoms with Gasteiger partial charge in [0.2, 0.25) is 15.9 Å². The van der Waals surface area contributed by atoms with Crippen LogP contribution in [-0.2, 0) is 19.6 Å². The zero-order valence-corrected chi connectivity index (χ0v) is 16.5. The summed E-state index contributed by atoms with van der Waals surface area (Å²) in [6, 6.07) is 4.41. The van der Waals surface area contributed by atoms with Gasteiger partial charge in [0, 0.05) is 13.0 Å². The van der Waals surface area contributed by atoms with E-state index in [4.69, 9.17) is 4.74 Å². The second-order valence-electron chi connectivity index (χ2n) is 7.52. The van der Waals surface area contributed by atoms with E-state index in [1.54, 1.807) is 0 Å². The Morgan fingerprint density at radius 1 is 1.18 bits per heavy atom. The van der Waals surface area contributed by atoms with E-state index >= 15 is 0 Å². The summed E-state index contributed by atoms with van der Waals surface area (Å²) in [6.07, 6.45) is 3.84. The minimum atomic E-state index is -3.71. The monoisotopic (exact) mass is 414 g/mol. The van der Waals surface area contributed by atoms with Crippen LogP contribution < -0.4 is 10.0 Å². The third kappa shape index (κ3) is 5.97. The topological polar surface area (TPSA) is 105 Å². The minimum Gasteiger partial charge on any atom is -0.394 e. The average molecular weight is 414 g/mol. The zero-order valence-electron chi connectivity index (χ0n) is 15.6. The summed E-state index contributed by atoms with van der Waals surface area (Å²) in [6.45, 7) is -0.0343. The number of rotatable bonds is 9. The van der Waals surface area contributed by atoms with Crippen molar-refractivity contribution in [3.05, 3.63) is 30.1 Å². The Labute approximate surface area is 164 Å². The molecule has 1 aromatic carbocycles. The molecule has 0 radical (unpaired) electrons. The first kappa shape index (κ1) is 21.2. The van der Waals surface area contributed by atoms with Gasteiger partial charge >= 0.3 is 0 Å². The first-order chi connectivity index (χ1) is 13.4. The number of carbonyl (C=O) groups excluding carboxylic acids is 1. The maximum atomic E-state index is 12.9. The van der Waals surface area contributed by atoms with Crippen LogP contribution in [0.4, 0.5) is 4.39 Å². The molecule has 2 aliphatic rings. The third-order valence-electron chi connectivity index (χ3n) is 5.20. The maximum Gasteiger partial charge on any atom is 0.240 e. The number of carbonyl (C=O) groups is 1. The maximum absolute atomic E-state index is 12.9. The summed E-state index contributed by atoms with van der Waals surface area (Å²) in [5.41, 5.74) is 0. The lowest BCUT2D eigenvalue weighted by Crippen LogP contribution is -2.51. The molecule has 1 heterocycles. The SMILES string of the molecule is O=C(CC1CC1)N[C@H]1CC[C@@H](CCNS(=O)(=O)c2ccc(F)cc2)O[C@H]1CO. The molecule has 3 rings (SSSR count). The van der Waals surface area contributed by atoms with Crippen molar-refractivity contribution >= 4 is 15.9 Å². The van der Waals surface area contributed by atoms with Gasteiger partial charge in [0.05, 0.1) is 23.6 Å². The van der Waals surface area contributed by atoms with Crippen LogP contribution in [0, 0.1) is 11.7 Å². The van der Waals surface area contributed by atoms with Gasteiger partial charge in [-0.1, -0.05) is 0 Å². The summed E-state index contributed by atoms with van der Waals surface area (Å²) >= 11 is 0. The highest BCUT2D eigenvalue weighted by atomic mass is 32.2. The Hall–Kier alpha value is -1.55. The Morgan fingerprint density at radius 2 is 1.89 bits per heavy atom. The molecule has 3 atom stereocenters. The lowest BCUT2D eigenvalue weighted by atomic mass is 9.97. The number of ether oxygens (including phenoxy) is 1. The second-order valence-corrected chi connectivity index (χ2v) is 9.29. The van der Waals surface area contributed by atoms with Crippen molar-refractivity contribution in [3.63, 3.8) is 0 Å². The smallest absolute Gasteiger partial charge is 0.240 e. The number of amides is 1. The second kappa shape index (κ2) is 9.30. The number of hydrogen-bond acceptors (Lipinski definition) is 5. The molecular formula is C19H27FN2O5S. The number of hydrogen-bond donors (Lipinski definition) is 3. The molecule has 1 saturated carbocycles. The Bertz CT molecular complexity index is 767. The Kier molecular flexibility index (Phi) is 7.03. The van der Waals surface area contributed by atoms with Gasteiger partial charge in [0.1, 0.15) is 11.9 Å². The predicted molar refractivity (Wildman–Crippen MR) is 100 cm³/mol. The largest absolute Gasteiger partial charge is 0.394 e. The molecule has 1 amide bonds. The van der Waals surface area contributed by atoms with Crippen LogP contribution in [0.3, 0.4) is 0 Å². The number of sulfonamides is 1. The van der Waals surface area contributed by atoms with E-state index in [-0.39, 0.29) is 36.1 Å². The van der Waals surface area contributed by atoms with Crippen LogP contribution in [0.5, 0.6) is 0 Å². The molecule has 0 aromatic heterocycles. The first-order valence-electron chi connectivity index (χ1n) is 9.68. The van der Waals surface area contributed by atoms with E-state index in [2.05, 4.69) is 10.0 Å². The predicted octanol–water partition coefficient (Wildman–Crippen LogP) is 1.32. The van der Waals surface area contributed by atoms with Crippen LogP contribution in [0.1, 0.15) is 38.5 Å². The van der Waals surface area contributed by atoms with E-state index in [9.17, 15) is 22.7 Å². The normalized spacial score (nSPS) is 25.4. The summed E-state index contributed by atoms with van der Waals surface area (Å²) in [5.74, 6) is 0.00222. The van der Waals surface area contributed by atoms with Crippen LogP contribution in [0.2, 0.25) is 0 Å². The van der Waals surface area contributed by atoms with Gasteiger partial charge in [-0.3, -0.25) is 4.79 Å². The van der Waals surface area contributed by atoms with E-state index in [1.807, 2.05) is 0 Å². The zero-order chi connectivity index (χ0) is 20.1. The van der Waals surface area contributed by atoms with Crippen molar-refractivity contribution in [1.29, 1.82) is 0 Å². The van der Waals surface area contributed by atoms with Gasteiger partial charge in [-0.2, -0.15) is 0 Å². The number of halogens is 1. The molecule has 1 aliphatic carbocycles.